The van der Waals surface area contributed by atoms with Crippen molar-refractivity contribution in [2.45, 2.75) is 59.4 Å². The van der Waals surface area contributed by atoms with Crippen molar-refractivity contribution in [2.75, 3.05) is 13.6 Å². The van der Waals surface area contributed by atoms with Crippen LogP contribution in [0.25, 0.3) is 0 Å². The highest BCUT2D eigenvalue weighted by Gasteiger charge is 2.23. The molecular formula is C13H29N3O. The van der Waals surface area contributed by atoms with E-state index in [0.717, 1.165) is 19.4 Å². The molecule has 17 heavy (non-hydrogen) atoms. The van der Waals surface area contributed by atoms with E-state index in [4.69, 9.17) is 10.9 Å². The largest absolute Gasteiger partial charge is 0.409 e. The topological polar surface area (TPSA) is 61.8 Å². The van der Waals surface area contributed by atoms with Crippen LogP contribution in [0.4, 0.5) is 0 Å². The number of nitrogens with zero attached hydrogens (tertiary/aromatic N) is 2. The van der Waals surface area contributed by atoms with Gasteiger partial charge in [-0.25, -0.2) is 0 Å². The molecule has 0 aromatic heterocycles. The van der Waals surface area contributed by atoms with Crippen LogP contribution < -0.4 is 5.73 Å². The van der Waals surface area contributed by atoms with Gasteiger partial charge < -0.3 is 15.8 Å². The summed E-state index contributed by atoms with van der Waals surface area (Å²) in [5, 5.41) is 11.8. The summed E-state index contributed by atoms with van der Waals surface area (Å²) >= 11 is 0. The SMILES string of the molecule is CCC(CC)N(C)CCCC(C)(C)C(N)=NO. The molecule has 3 N–H and O–H groups in total. The summed E-state index contributed by atoms with van der Waals surface area (Å²) in [6, 6.07) is 0.668. The van der Waals surface area contributed by atoms with E-state index in [1.807, 2.05) is 13.8 Å². The minimum Gasteiger partial charge on any atom is -0.409 e. The zero-order chi connectivity index (χ0) is 13.5. The average Bonchev–Trinajstić information content (AvgIpc) is 2.29. The normalized spacial score (nSPS) is 13.7. The molecule has 0 aromatic carbocycles. The van der Waals surface area contributed by atoms with Gasteiger partial charge in [0.15, 0.2) is 0 Å². The van der Waals surface area contributed by atoms with Crippen molar-refractivity contribution in [3.8, 4) is 0 Å². The second kappa shape index (κ2) is 7.54. The van der Waals surface area contributed by atoms with E-state index >= 15 is 0 Å². The Kier molecular flexibility index (Phi) is 7.19. The Morgan fingerprint density at radius 1 is 1.35 bits per heavy atom. The number of hydrogen-bond donors (Lipinski definition) is 2. The van der Waals surface area contributed by atoms with Gasteiger partial charge in [0.05, 0.1) is 0 Å². The van der Waals surface area contributed by atoms with Crippen LogP contribution in [0.3, 0.4) is 0 Å². The Hall–Kier alpha value is -0.770. The fourth-order valence-corrected chi connectivity index (χ4v) is 2.13. The van der Waals surface area contributed by atoms with E-state index in [-0.39, 0.29) is 5.41 Å². The number of rotatable bonds is 8. The van der Waals surface area contributed by atoms with Crippen molar-refractivity contribution in [3.05, 3.63) is 0 Å². The molecule has 0 heterocycles. The predicted octanol–water partition coefficient (Wildman–Crippen LogP) is 2.66. The fourth-order valence-electron chi connectivity index (χ4n) is 2.13. The first kappa shape index (κ1) is 16.2. The number of nitrogens with two attached hydrogens (primary N) is 1. The molecule has 0 bridgehead atoms. The van der Waals surface area contributed by atoms with Gasteiger partial charge in [-0.3, -0.25) is 0 Å². The van der Waals surface area contributed by atoms with Gasteiger partial charge in [-0.2, -0.15) is 0 Å². The Balaban J connectivity index is 4.07. The highest BCUT2D eigenvalue weighted by molar-refractivity contribution is 5.85. The molecule has 0 saturated carbocycles. The van der Waals surface area contributed by atoms with Crippen LogP contribution in [0.1, 0.15) is 53.4 Å². The summed E-state index contributed by atoms with van der Waals surface area (Å²) in [4.78, 5) is 2.41. The maximum Gasteiger partial charge on any atom is 0.144 e. The summed E-state index contributed by atoms with van der Waals surface area (Å²) < 4.78 is 0. The van der Waals surface area contributed by atoms with E-state index < -0.39 is 0 Å². The van der Waals surface area contributed by atoms with Crippen LogP contribution in [0.5, 0.6) is 0 Å². The van der Waals surface area contributed by atoms with E-state index in [1.165, 1.54) is 12.8 Å². The molecule has 0 spiro atoms. The van der Waals surface area contributed by atoms with Crippen molar-refractivity contribution in [2.24, 2.45) is 16.3 Å². The van der Waals surface area contributed by atoms with Crippen molar-refractivity contribution in [1.82, 2.24) is 4.90 Å². The van der Waals surface area contributed by atoms with Crippen LogP contribution in [0.15, 0.2) is 5.16 Å². The lowest BCUT2D eigenvalue weighted by Crippen LogP contribution is -2.35. The summed E-state index contributed by atoms with van der Waals surface area (Å²) in [5.74, 6) is 0.322. The molecule has 0 aliphatic carbocycles. The third kappa shape index (κ3) is 5.39. The molecule has 0 saturated heterocycles. The van der Waals surface area contributed by atoms with Gasteiger partial charge in [0.1, 0.15) is 5.84 Å². The third-order valence-electron chi connectivity index (χ3n) is 3.68. The molecule has 0 aliphatic rings. The summed E-state index contributed by atoms with van der Waals surface area (Å²) in [6.07, 6.45) is 4.39. The smallest absolute Gasteiger partial charge is 0.144 e. The molecule has 0 atom stereocenters. The Labute approximate surface area is 106 Å². The number of amidine groups is 1. The lowest BCUT2D eigenvalue weighted by molar-refractivity contribution is 0.218. The van der Waals surface area contributed by atoms with Crippen molar-refractivity contribution in [1.29, 1.82) is 0 Å². The first-order chi connectivity index (χ1) is 7.88. The molecule has 4 nitrogen and oxygen atoms in total. The maximum atomic E-state index is 8.70. The summed E-state index contributed by atoms with van der Waals surface area (Å²) in [6.45, 7) is 9.54. The first-order valence-electron chi connectivity index (χ1n) is 6.57. The molecule has 0 fully saturated rings. The van der Waals surface area contributed by atoms with Crippen LogP contribution in [-0.2, 0) is 0 Å². The lowest BCUT2D eigenvalue weighted by Gasteiger charge is -2.28. The van der Waals surface area contributed by atoms with Crippen molar-refractivity contribution in [3.63, 3.8) is 0 Å². The Bertz CT molecular complexity index is 235. The first-order valence-corrected chi connectivity index (χ1v) is 6.57. The molecule has 0 rings (SSSR count). The zero-order valence-corrected chi connectivity index (χ0v) is 12.0. The summed E-state index contributed by atoms with van der Waals surface area (Å²) in [5.41, 5.74) is 5.45. The van der Waals surface area contributed by atoms with Gasteiger partial charge in [-0.15, -0.1) is 0 Å². The van der Waals surface area contributed by atoms with Crippen LogP contribution in [-0.4, -0.2) is 35.6 Å². The number of oxime groups is 1. The molecule has 0 aliphatic heterocycles. The van der Waals surface area contributed by atoms with Gasteiger partial charge in [-0.1, -0.05) is 32.9 Å². The molecule has 0 radical (unpaired) electrons. The third-order valence-corrected chi connectivity index (χ3v) is 3.68. The van der Waals surface area contributed by atoms with Crippen LogP contribution >= 0.6 is 0 Å². The Morgan fingerprint density at radius 2 is 1.88 bits per heavy atom. The van der Waals surface area contributed by atoms with E-state index in [0.29, 0.717) is 11.9 Å². The molecular weight excluding hydrogens is 214 g/mol. The minimum absolute atomic E-state index is 0.219. The van der Waals surface area contributed by atoms with Gasteiger partial charge in [-0.05, 0) is 39.3 Å². The molecule has 0 amide bonds. The maximum absolute atomic E-state index is 8.70. The monoisotopic (exact) mass is 243 g/mol. The predicted molar refractivity (Wildman–Crippen MR) is 73.4 cm³/mol. The Morgan fingerprint density at radius 3 is 2.29 bits per heavy atom. The lowest BCUT2D eigenvalue weighted by atomic mass is 9.86. The second-order valence-corrected chi connectivity index (χ2v) is 5.42. The molecule has 0 aromatic rings. The van der Waals surface area contributed by atoms with E-state index in [1.54, 1.807) is 0 Å². The molecule has 4 heteroatoms. The number of hydrogen-bond acceptors (Lipinski definition) is 3. The van der Waals surface area contributed by atoms with Gasteiger partial charge in [0.2, 0.25) is 0 Å². The summed E-state index contributed by atoms with van der Waals surface area (Å²) in [7, 11) is 2.17. The zero-order valence-electron chi connectivity index (χ0n) is 12.0. The minimum atomic E-state index is -0.219. The highest BCUT2D eigenvalue weighted by Crippen LogP contribution is 2.22. The van der Waals surface area contributed by atoms with Crippen LogP contribution in [0.2, 0.25) is 0 Å². The standard InChI is InChI=1S/C13H29N3O/c1-6-11(7-2)16(5)10-8-9-13(3,4)12(14)15-17/h11,17H,6-10H2,1-5H3,(H2,14,15). The van der Waals surface area contributed by atoms with Gasteiger partial charge >= 0.3 is 0 Å². The van der Waals surface area contributed by atoms with E-state index in [9.17, 15) is 0 Å². The quantitative estimate of drug-likeness (QED) is 0.298. The van der Waals surface area contributed by atoms with Crippen molar-refractivity contribution < 1.29 is 5.21 Å². The van der Waals surface area contributed by atoms with Crippen molar-refractivity contribution >= 4 is 5.84 Å². The van der Waals surface area contributed by atoms with Gasteiger partial charge in [0, 0.05) is 11.5 Å². The van der Waals surface area contributed by atoms with E-state index in [2.05, 4.69) is 31.0 Å². The van der Waals surface area contributed by atoms with Gasteiger partial charge in [0.25, 0.3) is 0 Å². The van der Waals surface area contributed by atoms with Crippen LogP contribution in [0, 0.1) is 5.41 Å². The molecule has 0 unspecified atom stereocenters. The highest BCUT2D eigenvalue weighted by atomic mass is 16.4. The second-order valence-electron chi connectivity index (χ2n) is 5.42. The average molecular weight is 243 g/mol. The molecule has 102 valence electrons. The fraction of sp³-hybridized carbons (Fsp3) is 0.923.